The molecule has 0 radical (unpaired) electrons. The van der Waals surface area contributed by atoms with E-state index in [-0.39, 0.29) is 5.41 Å². The number of rotatable bonds is 8. The van der Waals surface area contributed by atoms with E-state index in [1.807, 2.05) is 30.5 Å². The lowest BCUT2D eigenvalue weighted by Crippen LogP contribution is -2.44. The second-order valence-electron chi connectivity index (χ2n) is 11.6. The number of anilines is 1. The molecule has 210 valence electrons. The Morgan fingerprint density at radius 3 is 2.65 bits per heavy atom. The summed E-state index contributed by atoms with van der Waals surface area (Å²) in [7, 11) is 0. The van der Waals surface area contributed by atoms with E-state index in [0.29, 0.717) is 18.2 Å². The van der Waals surface area contributed by atoms with Crippen LogP contribution in [0.1, 0.15) is 31.5 Å². The van der Waals surface area contributed by atoms with Crippen molar-refractivity contribution in [2.75, 3.05) is 57.3 Å². The molecule has 4 aromatic rings. The normalized spacial score (nSPS) is 17.6. The fourth-order valence-electron chi connectivity index (χ4n) is 5.65. The third-order valence-electron chi connectivity index (χ3n) is 7.85. The zero-order valence-corrected chi connectivity index (χ0v) is 24.3. The molecule has 0 bridgehead atoms. The van der Waals surface area contributed by atoms with E-state index < -0.39 is 0 Å². The molecule has 0 aliphatic carbocycles. The van der Waals surface area contributed by atoms with E-state index in [1.54, 1.807) is 6.33 Å². The Morgan fingerprint density at radius 1 is 1.05 bits per heavy atom. The largest absolute Gasteiger partial charge is 0.492 e. The molecule has 1 aromatic carbocycles. The molecule has 2 aliphatic heterocycles. The fourth-order valence-corrected chi connectivity index (χ4v) is 5.90. The van der Waals surface area contributed by atoms with Crippen LogP contribution in [0.5, 0.6) is 5.75 Å². The molecule has 1 N–H and O–H groups in total. The van der Waals surface area contributed by atoms with Gasteiger partial charge in [-0.1, -0.05) is 25.4 Å². The summed E-state index contributed by atoms with van der Waals surface area (Å²) in [5, 5.41) is 3.97. The van der Waals surface area contributed by atoms with Gasteiger partial charge in [-0.3, -0.25) is 9.88 Å². The van der Waals surface area contributed by atoms with Gasteiger partial charge < -0.3 is 19.5 Å². The van der Waals surface area contributed by atoms with Crippen molar-refractivity contribution in [2.24, 2.45) is 5.41 Å². The minimum atomic E-state index is 0.234. The van der Waals surface area contributed by atoms with Crippen LogP contribution in [-0.2, 0) is 6.54 Å². The molecule has 0 saturated carbocycles. The van der Waals surface area contributed by atoms with Crippen molar-refractivity contribution < 1.29 is 4.74 Å². The lowest BCUT2D eigenvalue weighted by Gasteiger charge is -2.26. The smallest absolute Gasteiger partial charge is 0.166 e. The topological polar surface area (TPSA) is 84.2 Å². The van der Waals surface area contributed by atoms with Gasteiger partial charge in [-0.25, -0.2) is 15.0 Å². The first-order chi connectivity index (χ1) is 19.4. The van der Waals surface area contributed by atoms with E-state index in [4.69, 9.17) is 31.3 Å². The Hall–Kier alpha value is -3.27. The number of fused-ring (bicyclic) bond motifs is 1. The molecular formula is C30H37ClN8O. The molecule has 40 heavy (non-hydrogen) atoms. The van der Waals surface area contributed by atoms with Crippen LogP contribution >= 0.6 is 11.6 Å². The number of hydrogen-bond donors (Lipinski definition) is 1. The summed E-state index contributed by atoms with van der Waals surface area (Å²) in [5.74, 6) is 2.37. The van der Waals surface area contributed by atoms with E-state index in [0.717, 1.165) is 97.6 Å². The van der Waals surface area contributed by atoms with Crippen LogP contribution in [-0.4, -0.2) is 81.8 Å². The maximum absolute atomic E-state index is 6.91. The number of aromatic nitrogens is 5. The molecule has 0 unspecified atom stereocenters. The summed E-state index contributed by atoms with van der Waals surface area (Å²) < 4.78 is 8.18. The standard InChI is InChI=1S/C30H37ClN8O/c1-21-6-8-33-22(16-21)18-39-27(36-26-28(34-20-35-29(26)39)38-11-7-30(2,3)19-38)24-5-4-23(17-25(24)31)40-15-14-37-12-9-32-10-13-37/h4-6,8,16-17,20,32H,7,9-15,18-19H2,1-3H3. The molecule has 0 amide bonds. The van der Waals surface area contributed by atoms with Gasteiger partial charge in [-0.05, 0) is 54.7 Å². The molecule has 10 heteroatoms. The van der Waals surface area contributed by atoms with Gasteiger partial charge >= 0.3 is 0 Å². The molecule has 5 heterocycles. The van der Waals surface area contributed by atoms with E-state index in [2.05, 4.69) is 51.5 Å². The van der Waals surface area contributed by atoms with Crippen molar-refractivity contribution in [1.29, 1.82) is 0 Å². The third kappa shape index (κ3) is 5.77. The van der Waals surface area contributed by atoms with Crippen molar-refractivity contribution in [3.05, 3.63) is 59.1 Å². The highest BCUT2D eigenvalue weighted by Gasteiger charge is 2.32. The number of halogens is 1. The van der Waals surface area contributed by atoms with E-state index >= 15 is 0 Å². The first-order valence-corrected chi connectivity index (χ1v) is 14.5. The van der Waals surface area contributed by atoms with Gasteiger partial charge in [0, 0.05) is 57.6 Å². The highest BCUT2D eigenvalue weighted by atomic mass is 35.5. The van der Waals surface area contributed by atoms with Crippen LogP contribution in [0.4, 0.5) is 5.82 Å². The summed E-state index contributed by atoms with van der Waals surface area (Å²) in [4.78, 5) is 23.9. The van der Waals surface area contributed by atoms with Gasteiger partial charge in [0.1, 0.15) is 24.5 Å². The Labute approximate surface area is 240 Å². The molecule has 2 saturated heterocycles. The average Bonchev–Trinajstić information content (AvgIpc) is 3.49. The average molecular weight is 561 g/mol. The Bertz CT molecular complexity index is 1500. The van der Waals surface area contributed by atoms with Crippen LogP contribution in [0, 0.1) is 12.3 Å². The minimum absolute atomic E-state index is 0.234. The van der Waals surface area contributed by atoms with Crippen molar-refractivity contribution in [2.45, 2.75) is 33.7 Å². The van der Waals surface area contributed by atoms with Crippen LogP contribution in [0.15, 0.2) is 42.9 Å². The maximum atomic E-state index is 6.91. The summed E-state index contributed by atoms with van der Waals surface area (Å²) in [6, 6.07) is 9.96. The second-order valence-corrected chi connectivity index (χ2v) is 12.0. The number of nitrogens with zero attached hydrogens (tertiary/aromatic N) is 7. The van der Waals surface area contributed by atoms with Gasteiger partial charge in [0.2, 0.25) is 0 Å². The van der Waals surface area contributed by atoms with Crippen molar-refractivity contribution >= 4 is 28.6 Å². The van der Waals surface area contributed by atoms with Gasteiger partial charge in [0.15, 0.2) is 17.0 Å². The number of ether oxygens (including phenoxy) is 1. The summed E-state index contributed by atoms with van der Waals surface area (Å²) >= 11 is 6.91. The van der Waals surface area contributed by atoms with Gasteiger partial charge in [0.05, 0.1) is 17.3 Å². The van der Waals surface area contributed by atoms with Crippen molar-refractivity contribution in [1.82, 2.24) is 34.7 Å². The molecule has 9 nitrogen and oxygen atoms in total. The van der Waals surface area contributed by atoms with Gasteiger partial charge in [-0.15, -0.1) is 0 Å². The first kappa shape index (κ1) is 26.9. The molecule has 0 atom stereocenters. The number of hydrogen-bond acceptors (Lipinski definition) is 8. The monoisotopic (exact) mass is 560 g/mol. The van der Waals surface area contributed by atoms with Crippen LogP contribution in [0.25, 0.3) is 22.6 Å². The molecule has 6 rings (SSSR count). The zero-order chi connectivity index (χ0) is 27.7. The molecule has 2 aliphatic rings. The lowest BCUT2D eigenvalue weighted by molar-refractivity contribution is 0.191. The van der Waals surface area contributed by atoms with Crippen molar-refractivity contribution in [3.8, 4) is 17.1 Å². The second kappa shape index (κ2) is 11.3. The molecule has 0 spiro atoms. The predicted octanol–water partition coefficient (Wildman–Crippen LogP) is 4.42. The summed E-state index contributed by atoms with van der Waals surface area (Å²) in [6.45, 7) is 14.8. The third-order valence-corrected chi connectivity index (χ3v) is 8.16. The Balaban J connectivity index is 1.34. The van der Waals surface area contributed by atoms with E-state index in [9.17, 15) is 0 Å². The van der Waals surface area contributed by atoms with E-state index in [1.165, 1.54) is 0 Å². The Kier molecular flexibility index (Phi) is 7.61. The number of aryl methyl sites for hydroxylation is 1. The number of nitrogens with one attached hydrogen (secondary N) is 1. The van der Waals surface area contributed by atoms with Crippen molar-refractivity contribution in [3.63, 3.8) is 0 Å². The highest BCUT2D eigenvalue weighted by Crippen LogP contribution is 2.37. The Morgan fingerprint density at radius 2 is 1.90 bits per heavy atom. The lowest BCUT2D eigenvalue weighted by atomic mass is 9.93. The van der Waals surface area contributed by atoms with Gasteiger partial charge in [0.25, 0.3) is 0 Å². The molecular weight excluding hydrogens is 524 g/mol. The van der Waals surface area contributed by atoms with Crippen LogP contribution < -0.4 is 15.0 Å². The highest BCUT2D eigenvalue weighted by molar-refractivity contribution is 6.33. The minimum Gasteiger partial charge on any atom is -0.492 e. The quantitative estimate of drug-likeness (QED) is 0.339. The molecule has 2 fully saturated rings. The number of benzene rings is 1. The number of imidazole rings is 1. The number of pyridine rings is 1. The fraction of sp³-hybridized carbons (Fsp3) is 0.467. The van der Waals surface area contributed by atoms with Crippen LogP contribution in [0.2, 0.25) is 5.02 Å². The zero-order valence-electron chi connectivity index (χ0n) is 23.5. The summed E-state index contributed by atoms with van der Waals surface area (Å²) in [6.07, 6.45) is 4.60. The maximum Gasteiger partial charge on any atom is 0.166 e. The van der Waals surface area contributed by atoms with Gasteiger partial charge in [-0.2, -0.15) is 0 Å². The summed E-state index contributed by atoms with van der Waals surface area (Å²) in [5.41, 5.74) is 4.72. The predicted molar refractivity (Wildman–Crippen MR) is 159 cm³/mol. The SMILES string of the molecule is Cc1ccnc(Cn2c(-c3ccc(OCCN4CCNCC4)cc3Cl)nc3c(N4CCC(C)(C)C4)ncnc32)c1. The molecule has 3 aromatic heterocycles. The number of piperazine rings is 1. The first-order valence-electron chi connectivity index (χ1n) is 14.1. The van der Waals surface area contributed by atoms with Crippen LogP contribution in [0.3, 0.4) is 0 Å².